The fourth-order valence-corrected chi connectivity index (χ4v) is 3.89. The molecule has 0 atom stereocenters. The van der Waals surface area contributed by atoms with Gasteiger partial charge < -0.3 is 10.5 Å². The lowest BCUT2D eigenvalue weighted by molar-refractivity contribution is 0.320. The van der Waals surface area contributed by atoms with E-state index in [0.29, 0.717) is 31.7 Å². The number of methoxy groups -OCH3 is 1. The van der Waals surface area contributed by atoms with E-state index in [-0.39, 0.29) is 16.0 Å². The summed E-state index contributed by atoms with van der Waals surface area (Å²) in [6, 6.07) is 4.58. The highest BCUT2D eigenvalue weighted by Crippen LogP contribution is 2.29. The summed E-state index contributed by atoms with van der Waals surface area (Å²) in [4.78, 5) is 0.189. The van der Waals surface area contributed by atoms with Gasteiger partial charge in [0.1, 0.15) is 5.75 Å². The molecule has 1 aliphatic rings. The molecule has 1 saturated heterocycles. The van der Waals surface area contributed by atoms with Crippen molar-refractivity contribution < 1.29 is 13.2 Å². The molecule has 0 spiro atoms. The number of sulfonamides is 1. The standard InChI is InChI=1S/C12H17ClN2O3S/c1-18-12-3-2-10(8-11(12)13)19(16,17)15-6-4-9(14)5-7-15/h2-3,8-9H,4-7,14H2,1H3. The van der Waals surface area contributed by atoms with Crippen LogP contribution in [-0.2, 0) is 10.0 Å². The van der Waals surface area contributed by atoms with Crippen LogP contribution in [0, 0.1) is 0 Å². The number of hydrogen-bond donors (Lipinski definition) is 1. The Hall–Kier alpha value is -0.820. The van der Waals surface area contributed by atoms with Crippen LogP contribution in [0.3, 0.4) is 0 Å². The number of piperidine rings is 1. The molecule has 19 heavy (non-hydrogen) atoms. The van der Waals surface area contributed by atoms with Gasteiger partial charge in [-0.1, -0.05) is 11.6 Å². The van der Waals surface area contributed by atoms with Crippen molar-refractivity contribution in [1.82, 2.24) is 4.31 Å². The first kappa shape index (κ1) is 14.6. The van der Waals surface area contributed by atoms with E-state index in [2.05, 4.69) is 0 Å². The van der Waals surface area contributed by atoms with Gasteiger partial charge in [0.25, 0.3) is 0 Å². The maximum atomic E-state index is 12.4. The van der Waals surface area contributed by atoms with Crippen molar-refractivity contribution >= 4 is 21.6 Å². The van der Waals surface area contributed by atoms with Crippen LogP contribution in [0.15, 0.2) is 23.1 Å². The van der Waals surface area contributed by atoms with Crippen LogP contribution in [0.5, 0.6) is 5.75 Å². The van der Waals surface area contributed by atoms with Gasteiger partial charge >= 0.3 is 0 Å². The fraction of sp³-hybridized carbons (Fsp3) is 0.500. The van der Waals surface area contributed by atoms with Crippen molar-refractivity contribution in [2.45, 2.75) is 23.8 Å². The van der Waals surface area contributed by atoms with Crippen LogP contribution in [0.25, 0.3) is 0 Å². The fourth-order valence-electron chi connectivity index (χ4n) is 2.07. The third kappa shape index (κ3) is 3.02. The first-order valence-electron chi connectivity index (χ1n) is 6.04. The predicted octanol–water partition coefficient (Wildman–Crippen LogP) is 1.46. The second kappa shape index (κ2) is 5.66. The second-order valence-corrected chi connectivity index (χ2v) is 6.88. The summed E-state index contributed by atoms with van der Waals surface area (Å²) < 4.78 is 31.3. The Morgan fingerprint density at radius 1 is 1.37 bits per heavy atom. The predicted molar refractivity (Wildman–Crippen MR) is 74.0 cm³/mol. The van der Waals surface area contributed by atoms with Gasteiger partial charge in [0, 0.05) is 19.1 Å². The highest BCUT2D eigenvalue weighted by molar-refractivity contribution is 7.89. The van der Waals surface area contributed by atoms with E-state index in [1.165, 1.54) is 23.5 Å². The molecular weight excluding hydrogens is 288 g/mol. The monoisotopic (exact) mass is 304 g/mol. The molecule has 0 unspecified atom stereocenters. The molecule has 2 rings (SSSR count). The molecule has 0 radical (unpaired) electrons. The molecule has 1 heterocycles. The summed E-state index contributed by atoms with van der Waals surface area (Å²) in [7, 11) is -2.01. The molecule has 0 amide bonds. The molecule has 2 N–H and O–H groups in total. The Morgan fingerprint density at radius 3 is 2.53 bits per heavy atom. The number of hydrogen-bond acceptors (Lipinski definition) is 4. The number of rotatable bonds is 3. The Labute approximate surface area is 118 Å². The topological polar surface area (TPSA) is 72.6 Å². The van der Waals surface area contributed by atoms with Crippen LogP contribution in [0.1, 0.15) is 12.8 Å². The van der Waals surface area contributed by atoms with Gasteiger partial charge in [-0.15, -0.1) is 0 Å². The highest BCUT2D eigenvalue weighted by atomic mass is 35.5. The van der Waals surface area contributed by atoms with Crippen molar-refractivity contribution in [3.8, 4) is 5.75 Å². The van der Waals surface area contributed by atoms with E-state index in [1.807, 2.05) is 0 Å². The molecule has 5 nitrogen and oxygen atoms in total. The van der Waals surface area contributed by atoms with Crippen LogP contribution >= 0.6 is 11.6 Å². The van der Waals surface area contributed by atoms with Gasteiger partial charge in [0.05, 0.1) is 17.0 Å². The molecule has 1 fully saturated rings. The lowest BCUT2D eigenvalue weighted by Gasteiger charge is -2.29. The van der Waals surface area contributed by atoms with E-state index in [1.54, 1.807) is 6.07 Å². The minimum Gasteiger partial charge on any atom is -0.495 e. The molecule has 1 aromatic carbocycles. The van der Waals surface area contributed by atoms with E-state index >= 15 is 0 Å². The number of benzene rings is 1. The number of ether oxygens (including phenoxy) is 1. The van der Waals surface area contributed by atoms with Gasteiger partial charge in [0.2, 0.25) is 10.0 Å². The number of nitrogens with two attached hydrogens (primary N) is 1. The second-order valence-electron chi connectivity index (χ2n) is 4.54. The summed E-state index contributed by atoms with van der Waals surface area (Å²) in [6.45, 7) is 0.903. The maximum Gasteiger partial charge on any atom is 0.243 e. The van der Waals surface area contributed by atoms with Crippen LogP contribution in [-0.4, -0.2) is 39.0 Å². The summed E-state index contributed by atoms with van der Waals surface area (Å²) in [5, 5.41) is 0.289. The van der Waals surface area contributed by atoms with E-state index in [0.717, 1.165) is 0 Å². The van der Waals surface area contributed by atoms with Gasteiger partial charge in [-0.05, 0) is 31.0 Å². The minimum absolute atomic E-state index is 0.0888. The molecule has 7 heteroatoms. The maximum absolute atomic E-state index is 12.4. The van der Waals surface area contributed by atoms with Crippen molar-refractivity contribution in [3.05, 3.63) is 23.2 Å². The van der Waals surface area contributed by atoms with E-state index < -0.39 is 10.0 Å². The SMILES string of the molecule is COc1ccc(S(=O)(=O)N2CCC(N)CC2)cc1Cl. The Kier molecular flexibility index (Phi) is 4.35. The summed E-state index contributed by atoms with van der Waals surface area (Å²) in [5.74, 6) is 0.460. The van der Waals surface area contributed by atoms with Crippen molar-refractivity contribution in [3.63, 3.8) is 0 Å². The molecule has 1 aliphatic heterocycles. The molecule has 0 aliphatic carbocycles. The molecule has 0 saturated carbocycles. The Bertz CT molecular complexity index is 554. The first-order valence-corrected chi connectivity index (χ1v) is 7.86. The highest BCUT2D eigenvalue weighted by Gasteiger charge is 2.28. The summed E-state index contributed by atoms with van der Waals surface area (Å²) in [5.41, 5.74) is 5.78. The largest absolute Gasteiger partial charge is 0.495 e. The average Bonchev–Trinajstić information content (AvgIpc) is 2.39. The third-order valence-corrected chi connectivity index (χ3v) is 5.45. The van der Waals surface area contributed by atoms with Gasteiger partial charge in [0.15, 0.2) is 0 Å². The zero-order valence-electron chi connectivity index (χ0n) is 10.7. The van der Waals surface area contributed by atoms with E-state index in [4.69, 9.17) is 22.1 Å². The summed E-state index contributed by atoms with van der Waals surface area (Å²) >= 11 is 5.97. The van der Waals surface area contributed by atoms with Crippen LogP contribution in [0.2, 0.25) is 5.02 Å². The van der Waals surface area contributed by atoms with Crippen molar-refractivity contribution in [2.24, 2.45) is 5.73 Å². The average molecular weight is 305 g/mol. The van der Waals surface area contributed by atoms with Crippen LogP contribution in [0.4, 0.5) is 0 Å². The zero-order valence-corrected chi connectivity index (χ0v) is 12.2. The van der Waals surface area contributed by atoms with Gasteiger partial charge in [-0.25, -0.2) is 8.42 Å². The number of nitrogens with zero attached hydrogens (tertiary/aromatic N) is 1. The lowest BCUT2D eigenvalue weighted by Crippen LogP contribution is -2.42. The van der Waals surface area contributed by atoms with Gasteiger partial charge in [-0.3, -0.25) is 0 Å². The first-order chi connectivity index (χ1) is 8.95. The zero-order chi connectivity index (χ0) is 14.0. The van der Waals surface area contributed by atoms with Crippen LogP contribution < -0.4 is 10.5 Å². The third-order valence-electron chi connectivity index (χ3n) is 3.26. The molecular formula is C12H17ClN2O3S. The Morgan fingerprint density at radius 2 is 2.00 bits per heavy atom. The molecule has 0 bridgehead atoms. The molecule has 1 aromatic rings. The van der Waals surface area contributed by atoms with E-state index in [9.17, 15) is 8.42 Å². The number of halogens is 1. The van der Waals surface area contributed by atoms with Crippen molar-refractivity contribution in [2.75, 3.05) is 20.2 Å². The summed E-state index contributed by atoms with van der Waals surface area (Å²) in [6.07, 6.45) is 1.37. The molecule has 0 aromatic heterocycles. The molecule has 106 valence electrons. The minimum atomic E-state index is -3.50. The quantitative estimate of drug-likeness (QED) is 0.917. The smallest absolute Gasteiger partial charge is 0.243 e. The van der Waals surface area contributed by atoms with Gasteiger partial charge in [-0.2, -0.15) is 4.31 Å². The Balaban J connectivity index is 2.27. The normalized spacial score (nSPS) is 18.5. The lowest BCUT2D eigenvalue weighted by atomic mass is 10.1. The van der Waals surface area contributed by atoms with Crippen molar-refractivity contribution in [1.29, 1.82) is 0 Å².